The predicted molar refractivity (Wildman–Crippen MR) is 81.8 cm³/mol. The van der Waals surface area contributed by atoms with Crippen molar-refractivity contribution in [1.29, 1.82) is 10.8 Å². The minimum atomic E-state index is 0.0867. The summed E-state index contributed by atoms with van der Waals surface area (Å²) in [5.41, 5.74) is 0.814. The van der Waals surface area contributed by atoms with Gasteiger partial charge in [0.1, 0.15) is 0 Å². The predicted octanol–water partition coefficient (Wildman–Crippen LogP) is 1.40. The number of nitrogens with one attached hydrogen (secondary N) is 4. The van der Waals surface area contributed by atoms with Crippen LogP contribution in [0.1, 0.15) is 13.3 Å². The molecule has 1 aliphatic rings. The lowest BCUT2D eigenvalue weighted by atomic mass is 10.3. The van der Waals surface area contributed by atoms with Gasteiger partial charge in [0.2, 0.25) is 0 Å². The first-order valence-electron chi connectivity index (χ1n) is 6.64. The first-order valence-corrected chi connectivity index (χ1v) is 6.64. The van der Waals surface area contributed by atoms with Gasteiger partial charge in [-0.05, 0) is 12.5 Å². The summed E-state index contributed by atoms with van der Waals surface area (Å²) in [6.07, 6.45) is 10.6. The summed E-state index contributed by atoms with van der Waals surface area (Å²) in [7, 11) is 1.63. The summed E-state index contributed by atoms with van der Waals surface area (Å²) in [6.45, 7) is 3.98. The molecule has 110 valence electrons. The third-order valence-corrected chi connectivity index (χ3v) is 2.63. The molecule has 0 spiro atoms. The van der Waals surface area contributed by atoms with E-state index < -0.39 is 0 Å². The van der Waals surface area contributed by atoms with Crippen molar-refractivity contribution in [1.82, 2.24) is 15.5 Å². The molecule has 0 saturated carbocycles. The van der Waals surface area contributed by atoms with E-state index in [0.717, 1.165) is 12.1 Å². The van der Waals surface area contributed by atoms with Gasteiger partial charge in [-0.15, -0.1) is 0 Å². The van der Waals surface area contributed by atoms with Gasteiger partial charge in [0.25, 0.3) is 0 Å². The molecular weight excluding hydrogens is 254 g/mol. The molecule has 6 nitrogen and oxygen atoms in total. The highest BCUT2D eigenvalue weighted by Gasteiger charge is 2.11. The molecule has 20 heavy (non-hydrogen) atoms. The number of hydrogen-bond donors (Lipinski definition) is 4. The van der Waals surface area contributed by atoms with Crippen LogP contribution in [0.3, 0.4) is 0 Å². The van der Waals surface area contributed by atoms with Crippen molar-refractivity contribution in [2.75, 3.05) is 26.8 Å². The number of ether oxygens (including phenoxy) is 1. The summed E-state index contributed by atoms with van der Waals surface area (Å²) in [4.78, 5) is 1.83. The molecule has 0 aromatic carbocycles. The number of allylic oxidation sites excluding steroid dienone is 2. The Balaban J connectivity index is 2.45. The first-order chi connectivity index (χ1) is 9.67. The Morgan fingerprint density at radius 3 is 2.60 bits per heavy atom. The van der Waals surface area contributed by atoms with Crippen LogP contribution in [-0.2, 0) is 4.74 Å². The quantitative estimate of drug-likeness (QED) is 0.265. The van der Waals surface area contributed by atoms with E-state index in [2.05, 4.69) is 10.6 Å². The van der Waals surface area contributed by atoms with Crippen LogP contribution in [0.25, 0.3) is 0 Å². The van der Waals surface area contributed by atoms with Gasteiger partial charge in [-0.2, -0.15) is 0 Å². The molecule has 1 aliphatic heterocycles. The second kappa shape index (κ2) is 8.92. The zero-order valence-electron chi connectivity index (χ0n) is 12.1. The Morgan fingerprint density at radius 1 is 1.30 bits per heavy atom. The summed E-state index contributed by atoms with van der Waals surface area (Å²) in [5.74, 6) is 0.313. The molecule has 0 aromatic rings. The fraction of sp³-hybridized carbons (Fsp3) is 0.429. The minimum absolute atomic E-state index is 0.0867. The van der Waals surface area contributed by atoms with Crippen LogP contribution in [-0.4, -0.2) is 43.6 Å². The lowest BCUT2D eigenvalue weighted by Gasteiger charge is -2.20. The van der Waals surface area contributed by atoms with Crippen molar-refractivity contribution >= 4 is 11.9 Å². The SMILES string of the molecule is CC/C=C(\C=C/COC)NC(=N)NC(=N)N1CC=CC1. The molecule has 1 rings (SSSR count). The van der Waals surface area contributed by atoms with Gasteiger partial charge in [-0.1, -0.05) is 31.2 Å². The topological polar surface area (TPSA) is 84.2 Å². The van der Waals surface area contributed by atoms with Gasteiger partial charge < -0.3 is 15.0 Å². The van der Waals surface area contributed by atoms with Crippen molar-refractivity contribution in [2.45, 2.75) is 13.3 Å². The van der Waals surface area contributed by atoms with Crippen LogP contribution >= 0.6 is 0 Å². The Kier molecular flexibility index (Phi) is 7.13. The first kappa shape index (κ1) is 16.0. The van der Waals surface area contributed by atoms with E-state index >= 15 is 0 Å². The molecular formula is C14H23N5O. The second-order valence-corrected chi connectivity index (χ2v) is 4.28. The molecule has 1 heterocycles. The van der Waals surface area contributed by atoms with Gasteiger partial charge >= 0.3 is 0 Å². The molecule has 0 amide bonds. The van der Waals surface area contributed by atoms with Crippen LogP contribution in [0.15, 0.2) is 36.1 Å². The maximum absolute atomic E-state index is 7.87. The molecule has 0 bridgehead atoms. The van der Waals surface area contributed by atoms with Gasteiger partial charge in [0.15, 0.2) is 11.9 Å². The molecule has 0 fully saturated rings. The summed E-state index contributed by atoms with van der Waals surface area (Å²) in [6, 6.07) is 0. The molecule has 0 unspecified atom stereocenters. The lowest BCUT2D eigenvalue weighted by Crippen LogP contribution is -2.46. The highest BCUT2D eigenvalue weighted by molar-refractivity contribution is 5.96. The second-order valence-electron chi connectivity index (χ2n) is 4.28. The fourth-order valence-corrected chi connectivity index (χ4v) is 1.69. The van der Waals surface area contributed by atoms with E-state index in [4.69, 9.17) is 15.6 Å². The normalized spacial score (nSPS) is 14.9. The largest absolute Gasteiger partial charge is 0.381 e. The van der Waals surface area contributed by atoms with Crippen molar-refractivity contribution in [2.24, 2.45) is 0 Å². The molecule has 0 radical (unpaired) electrons. The van der Waals surface area contributed by atoms with Crippen LogP contribution < -0.4 is 10.6 Å². The average Bonchev–Trinajstić information content (AvgIpc) is 2.93. The molecule has 6 heteroatoms. The Bertz CT molecular complexity index is 417. The van der Waals surface area contributed by atoms with Gasteiger partial charge in [0.05, 0.1) is 6.61 Å². The highest BCUT2D eigenvalue weighted by atomic mass is 16.5. The van der Waals surface area contributed by atoms with Crippen molar-refractivity contribution in [3.05, 3.63) is 36.1 Å². The highest BCUT2D eigenvalue weighted by Crippen LogP contribution is 1.98. The van der Waals surface area contributed by atoms with Crippen molar-refractivity contribution in [3.63, 3.8) is 0 Å². The molecule has 0 aromatic heterocycles. The molecule has 0 aliphatic carbocycles. The van der Waals surface area contributed by atoms with Crippen LogP contribution in [0, 0.1) is 10.8 Å². The van der Waals surface area contributed by atoms with Crippen LogP contribution in [0.5, 0.6) is 0 Å². The van der Waals surface area contributed by atoms with E-state index in [1.807, 2.05) is 42.2 Å². The maximum atomic E-state index is 7.87. The van der Waals surface area contributed by atoms with Gasteiger partial charge in [-0.3, -0.25) is 16.1 Å². The van der Waals surface area contributed by atoms with E-state index in [0.29, 0.717) is 19.7 Å². The monoisotopic (exact) mass is 277 g/mol. The van der Waals surface area contributed by atoms with Crippen LogP contribution in [0.2, 0.25) is 0 Å². The lowest BCUT2D eigenvalue weighted by molar-refractivity contribution is 0.234. The molecule has 0 saturated heterocycles. The van der Waals surface area contributed by atoms with E-state index in [1.54, 1.807) is 7.11 Å². The summed E-state index contributed by atoms with van der Waals surface area (Å²) < 4.78 is 4.95. The Hall–Kier alpha value is -2.08. The zero-order chi connectivity index (χ0) is 14.8. The summed E-state index contributed by atoms with van der Waals surface area (Å²) in [5, 5.41) is 21.4. The van der Waals surface area contributed by atoms with Crippen molar-refractivity contribution in [3.8, 4) is 0 Å². The third-order valence-electron chi connectivity index (χ3n) is 2.63. The Labute approximate surface area is 120 Å². The number of methoxy groups -OCH3 is 1. The average molecular weight is 277 g/mol. The minimum Gasteiger partial charge on any atom is -0.381 e. The number of rotatable bonds is 5. The maximum Gasteiger partial charge on any atom is 0.199 e. The van der Waals surface area contributed by atoms with E-state index in [1.165, 1.54) is 0 Å². The number of guanidine groups is 2. The summed E-state index contributed by atoms with van der Waals surface area (Å²) >= 11 is 0. The molecule has 4 N–H and O–H groups in total. The van der Waals surface area contributed by atoms with E-state index in [-0.39, 0.29) is 11.9 Å². The number of hydrogen-bond acceptors (Lipinski definition) is 3. The standard InChI is InChI=1S/C14H23N5O/c1-3-7-12(8-6-11-20-2)17-13(15)18-14(16)19-9-4-5-10-19/h4-8H,3,9-11H2,1-2H3,(H4,15,16,17,18)/b8-6-,12-7+. The number of nitrogens with zero attached hydrogens (tertiary/aromatic N) is 1. The van der Waals surface area contributed by atoms with E-state index in [9.17, 15) is 0 Å². The van der Waals surface area contributed by atoms with Crippen LogP contribution in [0.4, 0.5) is 0 Å². The van der Waals surface area contributed by atoms with Crippen molar-refractivity contribution < 1.29 is 4.74 Å². The van der Waals surface area contributed by atoms with Gasteiger partial charge in [-0.25, -0.2) is 0 Å². The zero-order valence-corrected chi connectivity index (χ0v) is 12.1. The molecule has 0 atom stereocenters. The smallest absolute Gasteiger partial charge is 0.199 e. The fourth-order valence-electron chi connectivity index (χ4n) is 1.69. The Morgan fingerprint density at radius 2 is 2.00 bits per heavy atom. The third kappa shape index (κ3) is 5.71. The van der Waals surface area contributed by atoms with Gasteiger partial charge in [0, 0.05) is 25.9 Å².